The van der Waals surface area contributed by atoms with E-state index in [2.05, 4.69) is 39.1 Å². The molecule has 40 heavy (non-hydrogen) atoms. The Labute approximate surface area is 231 Å². The Balaban J connectivity index is 1.38. The van der Waals surface area contributed by atoms with Gasteiger partial charge in [-0.1, -0.05) is 6.92 Å². The quantitative estimate of drug-likeness (QED) is 0.345. The van der Waals surface area contributed by atoms with Crippen molar-refractivity contribution in [1.82, 2.24) is 19.8 Å². The molecule has 0 saturated carbocycles. The summed E-state index contributed by atoms with van der Waals surface area (Å²) in [5.41, 5.74) is 0.272. The van der Waals surface area contributed by atoms with Crippen molar-refractivity contribution >= 4 is 28.4 Å². The standard InChI is InChI=1S/C28H35F3N6O3/c1-4-10-35(2)11-5-16-40-25-18-23-22(17-24(25)39-3)26(33-19-32-23)36-12-14-37(15-13-36)27(38)34-21-8-6-20(7-9-21)28(29,30)31/h6-9,17-19H,4-5,10-16H2,1-3H3,(H,34,38). The number of carbonyl (C=O) groups excluding carboxylic acids is 1. The van der Waals surface area contributed by atoms with Crippen LogP contribution in [-0.2, 0) is 6.18 Å². The molecule has 0 spiro atoms. The van der Waals surface area contributed by atoms with Crippen molar-refractivity contribution < 1.29 is 27.4 Å². The fourth-order valence-electron chi connectivity index (χ4n) is 4.65. The molecule has 2 amide bonds. The normalized spacial score (nSPS) is 14.1. The van der Waals surface area contributed by atoms with Crippen LogP contribution in [0.5, 0.6) is 11.5 Å². The van der Waals surface area contributed by atoms with Gasteiger partial charge in [-0.05, 0) is 56.8 Å². The molecule has 0 atom stereocenters. The zero-order chi connectivity index (χ0) is 28.7. The van der Waals surface area contributed by atoms with Crippen LogP contribution >= 0.6 is 0 Å². The van der Waals surface area contributed by atoms with Crippen LogP contribution < -0.4 is 19.7 Å². The number of anilines is 2. The first-order chi connectivity index (χ1) is 19.2. The number of alkyl halides is 3. The summed E-state index contributed by atoms with van der Waals surface area (Å²) in [5, 5.41) is 3.49. The minimum absolute atomic E-state index is 0.306. The topological polar surface area (TPSA) is 83.1 Å². The summed E-state index contributed by atoms with van der Waals surface area (Å²) in [4.78, 5) is 27.7. The van der Waals surface area contributed by atoms with Crippen molar-refractivity contribution in [2.45, 2.75) is 25.9 Å². The maximum atomic E-state index is 12.8. The minimum Gasteiger partial charge on any atom is -0.493 e. The number of fused-ring (bicyclic) bond motifs is 1. The smallest absolute Gasteiger partial charge is 0.416 e. The van der Waals surface area contributed by atoms with Crippen LogP contribution in [0.1, 0.15) is 25.3 Å². The monoisotopic (exact) mass is 560 g/mol. The number of methoxy groups -OCH3 is 1. The fraction of sp³-hybridized carbons (Fsp3) is 0.464. The van der Waals surface area contributed by atoms with Crippen LogP contribution in [0.25, 0.3) is 10.9 Å². The zero-order valence-corrected chi connectivity index (χ0v) is 23.0. The van der Waals surface area contributed by atoms with Crippen molar-refractivity contribution in [2.75, 3.05) is 70.2 Å². The van der Waals surface area contributed by atoms with Gasteiger partial charge in [-0.15, -0.1) is 0 Å². The molecule has 2 aromatic carbocycles. The van der Waals surface area contributed by atoms with E-state index >= 15 is 0 Å². The van der Waals surface area contributed by atoms with E-state index in [-0.39, 0.29) is 6.03 Å². The number of urea groups is 1. The molecule has 0 unspecified atom stereocenters. The molecule has 0 aliphatic carbocycles. The molecule has 2 heterocycles. The second-order valence-electron chi connectivity index (χ2n) is 9.70. The molecule has 0 radical (unpaired) electrons. The number of halogens is 3. The molecule has 1 N–H and O–H groups in total. The van der Waals surface area contributed by atoms with Crippen molar-refractivity contribution in [3.8, 4) is 11.5 Å². The van der Waals surface area contributed by atoms with E-state index in [1.165, 1.54) is 18.5 Å². The average molecular weight is 561 g/mol. The van der Waals surface area contributed by atoms with E-state index in [4.69, 9.17) is 9.47 Å². The maximum Gasteiger partial charge on any atom is 0.416 e. The van der Waals surface area contributed by atoms with Gasteiger partial charge in [0, 0.05) is 49.9 Å². The number of nitrogens with zero attached hydrogens (tertiary/aromatic N) is 5. The number of benzene rings is 2. The van der Waals surface area contributed by atoms with Crippen molar-refractivity contribution in [2.24, 2.45) is 0 Å². The third-order valence-corrected chi connectivity index (χ3v) is 6.78. The predicted molar refractivity (Wildman–Crippen MR) is 148 cm³/mol. The number of aromatic nitrogens is 2. The van der Waals surface area contributed by atoms with E-state index in [0.717, 1.165) is 54.8 Å². The lowest BCUT2D eigenvalue weighted by molar-refractivity contribution is -0.137. The number of rotatable bonds is 10. The summed E-state index contributed by atoms with van der Waals surface area (Å²) >= 11 is 0. The Morgan fingerprint density at radius 1 is 1.05 bits per heavy atom. The maximum absolute atomic E-state index is 12.8. The number of carbonyl (C=O) groups is 1. The SMILES string of the molecule is CCCN(C)CCCOc1cc2ncnc(N3CCN(C(=O)Nc4ccc(C(F)(F)F)cc4)CC3)c2cc1OC. The molecular weight excluding hydrogens is 525 g/mol. The highest BCUT2D eigenvalue weighted by atomic mass is 19.4. The van der Waals surface area contributed by atoms with Gasteiger partial charge in [0.05, 0.1) is 24.8 Å². The highest BCUT2D eigenvalue weighted by Crippen LogP contribution is 2.35. The van der Waals surface area contributed by atoms with E-state index in [0.29, 0.717) is 50.0 Å². The van der Waals surface area contributed by atoms with E-state index in [1.807, 2.05) is 12.1 Å². The van der Waals surface area contributed by atoms with Crippen LogP contribution in [0.4, 0.5) is 29.5 Å². The summed E-state index contributed by atoms with van der Waals surface area (Å²) in [6.07, 6.45) is -0.905. The Hall–Kier alpha value is -3.80. The van der Waals surface area contributed by atoms with Gasteiger partial charge in [-0.25, -0.2) is 14.8 Å². The van der Waals surface area contributed by atoms with Crippen molar-refractivity contribution in [3.05, 3.63) is 48.3 Å². The Morgan fingerprint density at radius 3 is 2.42 bits per heavy atom. The van der Waals surface area contributed by atoms with Crippen LogP contribution in [0, 0.1) is 0 Å². The molecule has 1 aliphatic heterocycles. The lowest BCUT2D eigenvalue weighted by Gasteiger charge is -2.35. The van der Waals surface area contributed by atoms with E-state index in [1.54, 1.807) is 12.0 Å². The third kappa shape index (κ3) is 7.23. The summed E-state index contributed by atoms with van der Waals surface area (Å²) < 4.78 is 50.0. The van der Waals surface area contributed by atoms with Gasteiger partial charge in [0.2, 0.25) is 0 Å². The highest BCUT2D eigenvalue weighted by molar-refractivity contribution is 5.92. The number of nitrogens with one attached hydrogen (secondary N) is 1. The Bertz CT molecular complexity index is 1280. The third-order valence-electron chi connectivity index (χ3n) is 6.78. The molecule has 4 rings (SSSR count). The number of amides is 2. The van der Waals surface area contributed by atoms with Crippen molar-refractivity contribution in [1.29, 1.82) is 0 Å². The summed E-state index contributed by atoms with van der Waals surface area (Å²) in [5.74, 6) is 1.96. The molecule has 12 heteroatoms. The second kappa shape index (κ2) is 13.0. The van der Waals surface area contributed by atoms with Gasteiger partial charge in [-0.2, -0.15) is 13.2 Å². The van der Waals surface area contributed by atoms with E-state index < -0.39 is 11.7 Å². The van der Waals surface area contributed by atoms with Gasteiger partial charge in [0.1, 0.15) is 12.1 Å². The van der Waals surface area contributed by atoms with Gasteiger partial charge in [-0.3, -0.25) is 0 Å². The van der Waals surface area contributed by atoms with Gasteiger partial charge >= 0.3 is 12.2 Å². The summed E-state index contributed by atoms with van der Waals surface area (Å²) in [6, 6.07) is 7.78. The molecule has 9 nitrogen and oxygen atoms in total. The lowest BCUT2D eigenvalue weighted by Crippen LogP contribution is -2.50. The van der Waals surface area contributed by atoms with Crippen molar-refractivity contribution in [3.63, 3.8) is 0 Å². The molecule has 0 bridgehead atoms. The van der Waals surface area contributed by atoms with Crippen LogP contribution in [0.3, 0.4) is 0 Å². The molecule has 1 aromatic heterocycles. The largest absolute Gasteiger partial charge is 0.493 e. The average Bonchev–Trinajstić information content (AvgIpc) is 2.94. The zero-order valence-electron chi connectivity index (χ0n) is 23.0. The van der Waals surface area contributed by atoms with Crippen LogP contribution in [-0.4, -0.2) is 85.8 Å². The Morgan fingerprint density at radius 2 is 1.77 bits per heavy atom. The second-order valence-corrected chi connectivity index (χ2v) is 9.70. The summed E-state index contributed by atoms with van der Waals surface area (Å²) in [7, 11) is 3.70. The van der Waals surface area contributed by atoms with E-state index in [9.17, 15) is 18.0 Å². The predicted octanol–water partition coefficient (Wildman–Crippen LogP) is 5.12. The molecule has 3 aromatic rings. The fourth-order valence-corrected chi connectivity index (χ4v) is 4.65. The van der Waals surface area contributed by atoms with Crippen LogP contribution in [0.15, 0.2) is 42.7 Å². The Kier molecular flexibility index (Phi) is 9.51. The molecule has 1 saturated heterocycles. The minimum atomic E-state index is -4.42. The first-order valence-corrected chi connectivity index (χ1v) is 13.3. The highest BCUT2D eigenvalue weighted by Gasteiger charge is 2.30. The lowest BCUT2D eigenvalue weighted by atomic mass is 10.2. The van der Waals surface area contributed by atoms with Gasteiger partial charge in [0.15, 0.2) is 11.5 Å². The van der Waals surface area contributed by atoms with Gasteiger partial charge < -0.3 is 29.5 Å². The molecule has 216 valence electrons. The number of hydrogen-bond acceptors (Lipinski definition) is 7. The van der Waals surface area contributed by atoms with Crippen LogP contribution in [0.2, 0.25) is 0 Å². The first kappa shape index (κ1) is 29.2. The molecule has 1 aliphatic rings. The number of hydrogen-bond donors (Lipinski definition) is 1. The molecular formula is C28H35F3N6O3. The van der Waals surface area contributed by atoms with Gasteiger partial charge in [0.25, 0.3) is 0 Å². The first-order valence-electron chi connectivity index (χ1n) is 13.3. The molecule has 1 fully saturated rings. The summed E-state index contributed by atoms with van der Waals surface area (Å²) in [6.45, 7) is 6.61. The number of ether oxygens (including phenoxy) is 2. The number of piperazine rings is 1.